The van der Waals surface area contributed by atoms with Crippen molar-refractivity contribution in [3.8, 4) is 0 Å². The second kappa shape index (κ2) is 9.55. The van der Waals surface area contributed by atoms with Gasteiger partial charge in [0.1, 0.15) is 0 Å². The van der Waals surface area contributed by atoms with Gasteiger partial charge in [0, 0.05) is 0 Å². The van der Waals surface area contributed by atoms with Gasteiger partial charge in [0.05, 0.1) is 14.1 Å². The Labute approximate surface area is 51.0 Å². The third kappa shape index (κ3) is 8.99. The zero-order chi connectivity index (χ0) is 6.99. The Morgan fingerprint density at radius 3 is 1.88 bits per heavy atom. The fourth-order valence-corrected chi connectivity index (χ4v) is 0.125. The van der Waals surface area contributed by atoms with Crippen molar-refractivity contribution in [2.75, 3.05) is 14.1 Å². The van der Waals surface area contributed by atoms with Gasteiger partial charge in [-0.1, -0.05) is 13.8 Å². The highest BCUT2D eigenvalue weighted by atomic mass is 15.1. The quantitative estimate of drug-likeness (QED) is 0.261. The molecule has 0 aromatic rings. The minimum atomic E-state index is 0.593. The fraction of sp³-hybridized carbons (Fsp3) is 0.800. The van der Waals surface area contributed by atoms with Gasteiger partial charge in [-0.2, -0.15) is 0 Å². The van der Waals surface area contributed by atoms with Crippen LogP contribution >= 0.6 is 0 Å². The van der Waals surface area contributed by atoms with Crippen LogP contribution in [-0.2, 0) is 0 Å². The highest BCUT2D eigenvalue weighted by Gasteiger charge is 1.81. The Morgan fingerprint density at radius 2 is 1.88 bits per heavy atom. The molecule has 0 amide bonds. The molecule has 4 N–H and O–H groups in total. The van der Waals surface area contributed by atoms with E-state index >= 15 is 0 Å². The van der Waals surface area contributed by atoms with Crippen LogP contribution in [0.1, 0.15) is 13.8 Å². The zero-order valence-electron chi connectivity index (χ0n) is 6.08. The summed E-state index contributed by atoms with van der Waals surface area (Å²) >= 11 is 0. The Kier molecular flexibility index (Phi) is 12.3. The SMILES string of the molecule is CC.CNC(N)=[NH+]C. The lowest BCUT2D eigenvalue weighted by molar-refractivity contribution is -0.423. The molecule has 0 aliphatic rings. The van der Waals surface area contributed by atoms with Gasteiger partial charge in [0.25, 0.3) is 0 Å². The van der Waals surface area contributed by atoms with Crippen molar-refractivity contribution in [2.24, 2.45) is 5.73 Å². The Morgan fingerprint density at radius 1 is 1.50 bits per heavy atom. The highest BCUT2D eigenvalue weighted by Crippen LogP contribution is 1.21. The molecule has 0 spiro atoms. The second-order valence-corrected chi connectivity index (χ2v) is 0.914. The van der Waals surface area contributed by atoms with E-state index in [0.717, 1.165) is 0 Å². The van der Waals surface area contributed by atoms with Crippen molar-refractivity contribution in [2.45, 2.75) is 13.8 Å². The van der Waals surface area contributed by atoms with Crippen LogP contribution in [-0.4, -0.2) is 20.1 Å². The van der Waals surface area contributed by atoms with E-state index in [2.05, 4.69) is 10.3 Å². The van der Waals surface area contributed by atoms with Gasteiger partial charge in [-0.15, -0.1) is 0 Å². The topological polar surface area (TPSA) is 52.0 Å². The number of rotatable bonds is 0. The molecule has 8 heavy (non-hydrogen) atoms. The van der Waals surface area contributed by atoms with Crippen molar-refractivity contribution in [1.29, 1.82) is 0 Å². The summed E-state index contributed by atoms with van der Waals surface area (Å²) in [5.41, 5.74) is 5.17. The van der Waals surface area contributed by atoms with Crippen molar-refractivity contribution < 1.29 is 4.99 Å². The smallest absolute Gasteiger partial charge is 0.291 e. The molecular weight excluding hydrogens is 102 g/mol. The Hall–Kier alpha value is -0.730. The third-order valence-corrected chi connectivity index (χ3v) is 0.539. The monoisotopic (exact) mass is 118 g/mol. The maximum Gasteiger partial charge on any atom is 0.340 e. The number of nitrogens with one attached hydrogen (secondary N) is 2. The maximum absolute atomic E-state index is 5.17. The van der Waals surface area contributed by atoms with Crippen LogP contribution in [0, 0.1) is 0 Å². The minimum Gasteiger partial charge on any atom is -0.291 e. The third-order valence-electron chi connectivity index (χ3n) is 0.539. The summed E-state index contributed by atoms with van der Waals surface area (Å²) in [5, 5.41) is 2.70. The zero-order valence-corrected chi connectivity index (χ0v) is 6.08. The average Bonchev–Trinajstić information content (AvgIpc) is 1.91. The van der Waals surface area contributed by atoms with E-state index in [1.54, 1.807) is 14.1 Å². The van der Waals surface area contributed by atoms with Crippen LogP contribution in [0.5, 0.6) is 0 Å². The first-order chi connectivity index (χ1) is 3.81. The van der Waals surface area contributed by atoms with Gasteiger partial charge in [0.15, 0.2) is 0 Å². The summed E-state index contributed by atoms with van der Waals surface area (Å²) in [6, 6.07) is 0. The fourth-order valence-electron chi connectivity index (χ4n) is 0.125. The van der Waals surface area contributed by atoms with Crippen molar-refractivity contribution in [3.63, 3.8) is 0 Å². The van der Waals surface area contributed by atoms with Crippen molar-refractivity contribution >= 4 is 5.96 Å². The van der Waals surface area contributed by atoms with Crippen LogP contribution in [0.3, 0.4) is 0 Å². The lowest BCUT2D eigenvalue weighted by atomic mass is 11.0. The summed E-state index contributed by atoms with van der Waals surface area (Å²) in [4.78, 5) is 2.70. The van der Waals surface area contributed by atoms with Crippen LogP contribution in [0.15, 0.2) is 0 Å². The summed E-state index contributed by atoms with van der Waals surface area (Å²) in [5.74, 6) is 0.593. The predicted octanol–water partition coefficient (Wildman–Crippen LogP) is -1.74. The van der Waals surface area contributed by atoms with E-state index in [-0.39, 0.29) is 0 Å². The van der Waals surface area contributed by atoms with E-state index < -0.39 is 0 Å². The van der Waals surface area contributed by atoms with Gasteiger partial charge in [0.2, 0.25) is 0 Å². The lowest BCUT2D eigenvalue weighted by Gasteiger charge is -1.81. The first-order valence-electron chi connectivity index (χ1n) is 2.79. The summed E-state index contributed by atoms with van der Waals surface area (Å²) in [6.07, 6.45) is 0. The molecular formula is C5H16N3+. The molecule has 0 aliphatic carbocycles. The second-order valence-electron chi connectivity index (χ2n) is 0.914. The van der Waals surface area contributed by atoms with Crippen LogP contribution < -0.4 is 16.0 Å². The number of hydrogen-bond donors (Lipinski definition) is 3. The molecule has 0 bridgehead atoms. The normalized spacial score (nSPS) is 9.25. The van der Waals surface area contributed by atoms with Crippen molar-refractivity contribution in [1.82, 2.24) is 5.32 Å². The Bertz CT molecular complexity index is 58.7. The first-order valence-corrected chi connectivity index (χ1v) is 2.79. The molecule has 0 saturated carbocycles. The molecule has 0 aliphatic heterocycles. The Balaban J connectivity index is 0. The molecule has 3 heteroatoms. The summed E-state index contributed by atoms with van der Waals surface area (Å²) < 4.78 is 0. The van der Waals surface area contributed by atoms with E-state index in [1.807, 2.05) is 13.8 Å². The molecule has 0 unspecified atom stereocenters. The van der Waals surface area contributed by atoms with Gasteiger partial charge < -0.3 is 0 Å². The van der Waals surface area contributed by atoms with Crippen molar-refractivity contribution in [3.05, 3.63) is 0 Å². The molecule has 0 saturated heterocycles. The molecule has 0 aromatic heterocycles. The molecule has 3 nitrogen and oxygen atoms in total. The van der Waals surface area contributed by atoms with Crippen LogP contribution in [0.2, 0.25) is 0 Å². The highest BCUT2D eigenvalue weighted by molar-refractivity contribution is 5.70. The van der Waals surface area contributed by atoms with E-state index in [9.17, 15) is 0 Å². The molecule has 0 aromatic carbocycles. The average molecular weight is 118 g/mol. The van der Waals surface area contributed by atoms with Crippen LogP contribution in [0.25, 0.3) is 0 Å². The molecule has 0 rings (SSSR count). The number of nitrogens with two attached hydrogens (primary N) is 1. The van der Waals surface area contributed by atoms with E-state index in [4.69, 9.17) is 5.73 Å². The predicted molar refractivity (Wildman–Crippen MR) is 36.5 cm³/mol. The molecule has 50 valence electrons. The largest absolute Gasteiger partial charge is 0.340 e. The number of guanidine groups is 1. The van der Waals surface area contributed by atoms with Crippen LogP contribution in [0.4, 0.5) is 0 Å². The number of hydrogen-bond acceptors (Lipinski definition) is 0. The van der Waals surface area contributed by atoms with E-state index in [0.29, 0.717) is 5.96 Å². The maximum atomic E-state index is 5.17. The molecule has 0 radical (unpaired) electrons. The summed E-state index contributed by atoms with van der Waals surface area (Å²) in [6.45, 7) is 4.00. The summed E-state index contributed by atoms with van der Waals surface area (Å²) in [7, 11) is 3.51. The van der Waals surface area contributed by atoms with Gasteiger partial charge in [-0.3, -0.25) is 16.0 Å². The van der Waals surface area contributed by atoms with Gasteiger partial charge in [-0.05, 0) is 0 Å². The lowest BCUT2D eigenvalue weighted by Crippen LogP contribution is -2.74. The standard InChI is InChI=1S/C3H9N3.C2H6/c1-5-3(4)6-2;1-2/h1-2H3,(H3,4,5,6);1-2H3/p+1. The molecule has 0 atom stereocenters. The van der Waals surface area contributed by atoms with E-state index in [1.165, 1.54) is 0 Å². The van der Waals surface area contributed by atoms with Gasteiger partial charge >= 0.3 is 5.96 Å². The first kappa shape index (κ1) is 10.3. The molecule has 0 heterocycles. The van der Waals surface area contributed by atoms with Gasteiger partial charge in [-0.25, -0.2) is 0 Å². The minimum absolute atomic E-state index is 0.593. The molecule has 0 fully saturated rings.